The second kappa shape index (κ2) is 8.10. The van der Waals surface area contributed by atoms with Crippen molar-refractivity contribution < 1.29 is 22.4 Å². The predicted molar refractivity (Wildman–Crippen MR) is 111 cm³/mol. The quantitative estimate of drug-likeness (QED) is 0.425. The third-order valence-electron chi connectivity index (χ3n) is 4.80. The maximum Gasteiger partial charge on any atom is 0.435 e. The van der Waals surface area contributed by atoms with E-state index in [0.717, 1.165) is 29.6 Å². The van der Waals surface area contributed by atoms with Crippen LogP contribution in [-0.4, -0.2) is 25.5 Å². The predicted octanol–water partition coefficient (Wildman–Crippen LogP) is 5.29. The molecule has 0 aliphatic carbocycles. The van der Waals surface area contributed by atoms with Gasteiger partial charge in [0.05, 0.1) is 5.69 Å². The summed E-state index contributed by atoms with van der Waals surface area (Å²) in [5.41, 5.74) is -1.22. The molecule has 0 atom stereocenters. The molecule has 0 fully saturated rings. The first-order chi connectivity index (χ1) is 15.1. The zero-order valence-electron chi connectivity index (χ0n) is 17.2. The van der Waals surface area contributed by atoms with Crippen molar-refractivity contribution in [3.63, 3.8) is 0 Å². The molecule has 4 rings (SSSR count). The fourth-order valence-electron chi connectivity index (χ4n) is 3.50. The molecule has 1 N–H and O–H groups in total. The number of nitrogens with zero attached hydrogens (tertiary/aromatic N) is 4. The number of nitrogens with one attached hydrogen (secondary N) is 1. The van der Waals surface area contributed by atoms with Crippen molar-refractivity contribution in [1.82, 2.24) is 19.6 Å². The van der Waals surface area contributed by atoms with Crippen LogP contribution in [0.15, 0.2) is 54.7 Å². The lowest BCUT2D eigenvalue weighted by Gasteiger charge is -2.12. The van der Waals surface area contributed by atoms with Gasteiger partial charge in [-0.1, -0.05) is 25.1 Å². The molecule has 0 saturated heterocycles. The third kappa shape index (κ3) is 4.20. The van der Waals surface area contributed by atoms with Gasteiger partial charge in [0, 0.05) is 29.3 Å². The van der Waals surface area contributed by atoms with Crippen LogP contribution in [0.3, 0.4) is 0 Å². The maximum atomic E-state index is 13.8. The van der Waals surface area contributed by atoms with Gasteiger partial charge in [-0.3, -0.25) is 4.79 Å². The first-order valence-electron chi connectivity index (χ1n) is 9.82. The number of hydrogen-bond donors (Lipinski definition) is 1. The van der Waals surface area contributed by atoms with Gasteiger partial charge in [-0.25, -0.2) is 9.07 Å². The van der Waals surface area contributed by atoms with Crippen LogP contribution in [-0.2, 0) is 12.7 Å². The lowest BCUT2D eigenvalue weighted by molar-refractivity contribution is -0.143. The van der Waals surface area contributed by atoms with Gasteiger partial charge in [-0.15, -0.1) is 5.10 Å². The summed E-state index contributed by atoms with van der Waals surface area (Å²) >= 11 is 0. The van der Waals surface area contributed by atoms with Gasteiger partial charge < -0.3 is 9.88 Å². The summed E-state index contributed by atoms with van der Waals surface area (Å²) in [4.78, 5) is 12.7. The Hall–Kier alpha value is -3.69. The minimum absolute atomic E-state index is 0.197. The number of halogens is 4. The molecule has 2 heterocycles. The average molecular weight is 445 g/mol. The Morgan fingerprint density at radius 2 is 1.91 bits per heavy atom. The van der Waals surface area contributed by atoms with Crippen LogP contribution in [0.1, 0.15) is 30.0 Å². The Kier molecular flexibility index (Phi) is 5.45. The lowest BCUT2D eigenvalue weighted by Crippen LogP contribution is -2.21. The van der Waals surface area contributed by atoms with E-state index in [-0.39, 0.29) is 5.69 Å². The van der Waals surface area contributed by atoms with Crippen LogP contribution in [0.4, 0.5) is 23.2 Å². The number of amides is 1. The van der Waals surface area contributed by atoms with Crippen molar-refractivity contribution in [2.75, 3.05) is 5.32 Å². The molecule has 0 unspecified atom stereocenters. The van der Waals surface area contributed by atoms with E-state index in [9.17, 15) is 22.4 Å². The SMILES string of the molecule is CC(C)Cn1ccc2cc(NC(=O)c3nnn(-c4cccc(F)c4)c3C(F)(F)F)ccc21. The van der Waals surface area contributed by atoms with Gasteiger partial charge in [-0.05, 0) is 48.4 Å². The fourth-order valence-corrected chi connectivity index (χ4v) is 3.50. The first-order valence-corrected chi connectivity index (χ1v) is 9.82. The number of alkyl halides is 3. The number of anilines is 1. The largest absolute Gasteiger partial charge is 0.435 e. The highest BCUT2D eigenvalue weighted by molar-refractivity contribution is 6.04. The van der Waals surface area contributed by atoms with Crippen LogP contribution in [0.2, 0.25) is 0 Å². The van der Waals surface area contributed by atoms with Crippen molar-refractivity contribution in [1.29, 1.82) is 0 Å². The molecule has 0 aliphatic rings. The Morgan fingerprint density at radius 1 is 1.12 bits per heavy atom. The summed E-state index contributed by atoms with van der Waals surface area (Å²) in [5, 5.41) is 10.2. The van der Waals surface area contributed by atoms with Crippen molar-refractivity contribution in [2.24, 2.45) is 5.92 Å². The Morgan fingerprint density at radius 3 is 2.59 bits per heavy atom. The normalized spacial score (nSPS) is 12.0. The Labute approximate surface area is 180 Å². The molecular weight excluding hydrogens is 426 g/mol. The van der Waals surface area contributed by atoms with Gasteiger partial charge in [0.25, 0.3) is 5.91 Å². The van der Waals surface area contributed by atoms with E-state index in [1.807, 2.05) is 12.3 Å². The summed E-state index contributed by atoms with van der Waals surface area (Å²) < 4.78 is 57.3. The minimum Gasteiger partial charge on any atom is -0.347 e. The fraction of sp³-hybridized carbons (Fsp3) is 0.227. The van der Waals surface area contributed by atoms with Crippen molar-refractivity contribution in [2.45, 2.75) is 26.6 Å². The monoisotopic (exact) mass is 445 g/mol. The number of hydrogen-bond acceptors (Lipinski definition) is 3. The molecule has 4 aromatic rings. The number of carbonyl (C=O) groups excluding carboxylic acids is 1. The van der Waals surface area contributed by atoms with Crippen LogP contribution in [0, 0.1) is 11.7 Å². The van der Waals surface area contributed by atoms with Gasteiger partial charge in [0.2, 0.25) is 0 Å². The summed E-state index contributed by atoms with van der Waals surface area (Å²) in [6.45, 7) is 5.00. The molecular formula is C22H19F4N5O. The second-order valence-electron chi connectivity index (χ2n) is 7.77. The molecule has 166 valence electrons. The molecule has 2 aromatic heterocycles. The molecule has 1 amide bonds. The molecule has 32 heavy (non-hydrogen) atoms. The number of fused-ring (bicyclic) bond motifs is 1. The highest BCUT2D eigenvalue weighted by Crippen LogP contribution is 2.33. The number of rotatable bonds is 5. The van der Waals surface area contributed by atoms with E-state index < -0.39 is 29.3 Å². The summed E-state index contributed by atoms with van der Waals surface area (Å²) in [6, 6.07) is 11.4. The molecule has 0 bridgehead atoms. The second-order valence-corrected chi connectivity index (χ2v) is 7.77. The summed E-state index contributed by atoms with van der Waals surface area (Å²) in [5.74, 6) is -1.37. The van der Waals surface area contributed by atoms with E-state index in [4.69, 9.17) is 0 Å². The van der Waals surface area contributed by atoms with Gasteiger partial charge in [-0.2, -0.15) is 13.2 Å². The highest BCUT2D eigenvalue weighted by Gasteiger charge is 2.42. The molecule has 0 radical (unpaired) electrons. The standard InChI is InChI=1S/C22H19F4N5O/c1-13(2)12-30-9-8-14-10-16(6-7-18(14)30)27-21(32)19-20(22(24,25)26)31(29-28-19)17-5-3-4-15(23)11-17/h3-11,13H,12H2,1-2H3,(H,27,32). The van der Waals surface area contributed by atoms with Gasteiger partial charge in [0.1, 0.15) is 5.82 Å². The van der Waals surface area contributed by atoms with Crippen LogP contribution in [0.25, 0.3) is 16.6 Å². The molecule has 0 saturated carbocycles. The Balaban J connectivity index is 1.66. The van der Waals surface area contributed by atoms with Crippen LogP contribution in [0.5, 0.6) is 0 Å². The smallest absolute Gasteiger partial charge is 0.347 e. The maximum absolute atomic E-state index is 13.8. The van der Waals surface area contributed by atoms with Gasteiger partial charge >= 0.3 is 6.18 Å². The van der Waals surface area contributed by atoms with Gasteiger partial charge in [0.15, 0.2) is 11.4 Å². The lowest BCUT2D eigenvalue weighted by atomic mass is 10.2. The first kappa shape index (κ1) is 21.5. The number of aromatic nitrogens is 4. The van der Waals surface area contributed by atoms with Crippen molar-refractivity contribution >= 4 is 22.5 Å². The molecule has 6 nitrogen and oxygen atoms in total. The van der Waals surface area contributed by atoms with Crippen molar-refractivity contribution in [3.8, 4) is 5.69 Å². The highest BCUT2D eigenvalue weighted by atomic mass is 19.4. The van der Waals surface area contributed by atoms with E-state index in [1.165, 1.54) is 12.1 Å². The zero-order valence-corrected chi connectivity index (χ0v) is 17.2. The average Bonchev–Trinajstić information content (AvgIpc) is 3.32. The molecule has 0 spiro atoms. The van der Waals surface area contributed by atoms with E-state index in [2.05, 4.69) is 34.0 Å². The molecule has 10 heteroatoms. The third-order valence-corrected chi connectivity index (χ3v) is 4.80. The van der Waals surface area contributed by atoms with Crippen molar-refractivity contribution in [3.05, 3.63) is 71.9 Å². The summed E-state index contributed by atoms with van der Waals surface area (Å²) in [6.07, 6.45) is -3.02. The summed E-state index contributed by atoms with van der Waals surface area (Å²) in [7, 11) is 0. The zero-order chi connectivity index (χ0) is 23.0. The van der Waals surface area contributed by atoms with E-state index in [0.29, 0.717) is 16.3 Å². The van der Waals surface area contributed by atoms with E-state index >= 15 is 0 Å². The minimum atomic E-state index is -4.94. The number of carbonyl (C=O) groups is 1. The topological polar surface area (TPSA) is 64.7 Å². The molecule has 0 aliphatic heterocycles. The Bertz CT molecular complexity index is 1290. The van der Waals surface area contributed by atoms with Crippen LogP contribution < -0.4 is 5.32 Å². The van der Waals surface area contributed by atoms with Crippen LogP contribution >= 0.6 is 0 Å². The molecule has 2 aromatic carbocycles. The van der Waals surface area contributed by atoms with E-state index in [1.54, 1.807) is 18.2 Å². The number of benzene rings is 2.